The van der Waals surface area contributed by atoms with Gasteiger partial charge in [-0.1, -0.05) is 6.07 Å². The normalized spacial score (nSPS) is 15.9. The number of benzene rings is 2. The molecular formula is C21H24F3N3O2. The first-order chi connectivity index (χ1) is 13.6. The number of amides is 1. The van der Waals surface area contributed by atoms with E-state index in [0.29, 0.717) is 18.5 Å². The number of hydrogen-bond acceptors (Lipinski definition) is 4. The van der Waals surface area contributed by atoms with Gasteiger partial charge in [-0.25, -0.2) is 0 Å². The zero-order valence-electron chi connectivity index (χ0n) is 16.3. The molecule has 8 heteroatoms. The molecule has 0 spiro atoms. The molecule has 0 aliphatic carbocycles. The van der Waals surface area contributed by atoms with Crippen LogP contribution in [0.4, 0.5) is 24.5 Å². The molecule has 2 aromatic rings. The molecule has 5 nitrogen and oxygen atoms in total. The molecule has 0 aromatic heterocycles. The fourth-order valence-corrected chi connectivity index (χ4v) is 3.20. The van der Waals surface area contributed by atoms with Crippen LogP contribution >= 0.6 is 0 Å². The van der Waals surface area contributed by atoms with E-state index in [1.807, 2.05) is 7.05 Å². The van der Waals surface area contributed by atoms with Crippen molar-refractivity contribution < 1.29 is 22.7 Å². The van der Waals surface area contributed by atoms with Crippen LogP contribution in [0.1, 0.15) is 34.3 Å². The van der Waals surface area contributed by atoms with Crippen LogP contribution in [0.2, 0.25) is 0 Å². The van der Waals surface area contributed by atoms with E-state index in [1.165, 1.54) is 18.2 Å². The van der Waals surface area contributed by atoms with Gasteiger partial charge in [-0.05, 0) is 62.7 Å². The Balaban J connectivity index is 1.79. The van der Waals surface area contributed by atoms with Crippen LogP contribution in [0.3, 0.4) is 0 Å². The molecule has 0 bridgehead atoms. The Morgan fingerprint density at radius 1 is 1.17 bits per heavy atom. The maximum absolute atomic E-state index is 13.6. The summed E-state index contributed by atoms with van der Waals surface area (Å²) in [5.41, 5.74) is 6.46. The SMILES string of the molecule is Cc1ccc(C(=O)Nc2ccc(OC3CCN(C)CC3)c(C(F)(F)F)c2)cc1N. The number of halogens is 3. The Morgan fingerprint density at radius 2 is 1.86 bits per heavy atom. The molecule has 1 fully saturated rings. The lowest BCUT2D eigenvalue weighted by atomic mass is 10.1. The average Bonchev–Trinajstić information content (AvgIpc) is 2.66. The topological polar surface area (TPSA) is 67.6 Å². The Morgan fingerprint density at radius 3 is 2.48 bits per heavy atom. The number of piperidine rings is 1. The summed E-state index contributed by atoms with van der Waals surface area (Å²) in [7, 11) is 1.97. The maximum atomic E-state index is 13.6. The molecule has 29 heavy (non-hydrogen) atoms. The van der Waals surface area contributed by atoms with Crippen LogP contribution in [0.25, 0.3) is 0 Å². The van der Waals surface area contributed by atoms with Crippen molar-refractivity contribution in [1.29, 1.82) is 0 Å². The van der Waals surface area contributed by atoms with Crippen molar-refractivity contribution in [2.75, 3.05) is 31.2 Å². The van der Waals surface area contributed by atoms with Gasteiger partial charge in [0.05, 0.1) is 5.56 Å². The van der Waals surface area contributed by atoms with Crippen LogP contribution in [0, 0.1) is 6.92 Å². The molecule has 0 saturated carbocycles. The molecule has 1 saturated heterocycles. The summed E-state index contributed by atoms with van der Waals surface area (Å²) in [6.07, 6.45) is -3.53. The highest BCUT2D eigenvalue weighted by molar-refractivity contribution is 6.05. The molecule has 156 valence electrons. The standard InChI is InChI=1S/C21H24F3N3O2/c1-13-3-4-14(11-18(13)25)20(28)26-15-5-6-19(17(12-15)21(22,23)24)29-16-7-9-27(2)10-8-16/h3-6,11-12,16H,7-10,25H2,1-2H3,(H,26,28). The van der Waals surface area contributed by atoms with E-state index >= 15 is 0 Å². The molecule has 1 heterocycles. The molecule has 0 atom stereocenters. The number of carbonyl (C=O) groups excluding carboxylic acids is 1. The van der Waals surface area contributed by atoms with Crippen molar-refractivity contribution in [1.82, 2.24) is 4.90 Å². The summed E-state index contributed by atoms with van der Waals surface area (Å²) in [5.74, 6) is -0.751. The zero-order valence-corrected chi connectivity index (χ0v) is 16.3. The summed E-state index contributed by atoms with van der Waals surface area (Å²) < 4.78 is 46.4. The highest BCUT2D eigenvalue weighted by atomic mass is 19.4. The first-order valence-electron chi connectivity index (χ1n) is 9.37. The number of carbonyl (C=O) groups is 1. The van der Waals surface area contributed by atoms with Crippen LogP contribution in [-0.2, 0) is 6.18 Å². The molecule has 2 aromatic carbocycles. The number of anilines is 2. The van der Waals surface area contributed by atoms with Gasteiger partial charge in [0.15, 0.2) is 0 Å². The lowest BCUT2D eigenvalue weighted by Crippen LogP contribution is -2.36. The zero-order chi connectivity index (χ0) is 21.2. The fraction of sp³-hybridized carbons (Fsp3) is 0.381. The third-order valence-corrected chi connectivity index (χ3v) is 5.04. The van der Waals surface area contributed by atoms with Crippen LogP contribution in [-0.4, -0.2) is 37.0 Å². The molecule has 1 aliphatic rings. The van der Waals surface area contributed by atoms with Crippen molar-refractivity contribution >= 4 is 17.3 Å². The molecule has 3 rings (SSSR count). The van der Waals surface area contributed by atoms with E-state index in [-0.39, 0.29) is 23.1 Å². The predicted molar refractivity (Wildman–Crippen MR) is 106 cm³/mol. The van der Waals surface area contributed by atoms with Crippen molar-refractivity contribution in [3.63, 3.8) is 0 Å². The summed E-state index contributed by atoms with van der Waals surface area (Å²) in [6.45, 7) is 3.36. The van der Waals surface area contributed by atoms with E-state index in [1.54, 1.807) is 19.1 Å². The predicted octanol–water partition coefficient (Wildman–Crippen LogP) is 4.32. The van der Waals surface area contributed by atoms with E-state index in [2.05, 4.69) is 10.2 Å². The smallest absolute Gasteiger partial charge is 0.420 e. The fourth-order valence-electron chi connectivity index (χ4n) is 3.20. The van der Waals surface area contributed by atoms with Crippen LogP contribution in [0.5, 0.6) is 5.75 Å². The summed E-state index contributed by atoms with van der Waals surface area (Å²) in [4.78, 5) is 14.5. The Bertz CT molecular complexity index is 891. The lowest BCUT2D eigenvalue weighted by molar-refractivity contribution is -0.139. The second-order valence-corrected chi connectivity index (χ2v) is 7.35. The van der Waals surface area contributed by atoms with Crippen LogP contribution < -0.4 is 15.8 Å². The minimum atomic E-state index is -4.60. The molecule has 0 radical (unpaired) electrons. The van der Waals surface area contributed by atoms with Gasteiger partial charge < -0.3 is 20.7 Å². The van der Waals surface area contributed by atoms with Gasteiger partial charge in [0, 0.05) is 30.0 Å². The van der Waals surface area contributed by atoms with Gasteiger partial charge in [-0.15, -0.1) is 0 Å². The third-order valence-electron chi connectivity index (χ3n) is 5.04. The van der Waals surface area contributed by atoms with Crippen molar-refractivity contribution in [3.05, 3.63) is 53.1 Å². The molecule has 3 N–H and O–H groups in total. The average molecular weight is 407 g/mol. The van der Waals surface area contributed by atoms with E-state index in [4.69, 9.17) is 10.5 Å². The van der Waals surface area contributed by atoms with E-state index in [9.17, 15) is 18.0 Å². The molecule has 1 aliphatic heterocycles. The van der Waals surface area contributed by atoms with Gasteiger partial charge >= 0.3 is 6.18 Å². The number of rotatable bonds is 4. The highest BCUT2D eigenvalue weighted by Crippen LogP contribution is 2.39. The first kappa shape index (κ1) is 21.0. The largest absolute Gasteiger partial charge is 0.490 e. The van der Waals surface area contributed by atoms with Gasteiger partial charge in [-0.2, -0.15) is 13.2 Å². The van der Waals surface area contributed by atoms with Gasteiger partial charge in [-0.3, -0.25) is 4.79 Å². The molecule has 0 unspecified atom stereocenters. The number of nitrogens with two attached hydrogens (primary N) is 1. The number of hydrogen-bond donors (Lipinski definition) is 2. The summed E-state index contributed by atoms with van der Waals surface area (Å²) in [6, 6.07) is 8.33. The minimum absolute atomic E-state index is 0.0391. The van der Waals surface area contributed by atoms with E-state index in [0.717, 1.165) is 24.7 Å². The number of likely N-dealkylation sites (tertiary alicyclic amines) is 1. The second kappa shape index (κ2) is 8.32. The number of nitrogens with zero attached hydrogens (tertiary/aromatic N) is 1. The minimum Gasteiger partial charge on any atom is -0.490 e. The summed E-state index contributed by atoms with van der Waals surface area (Å²) in [5, 5.41) is 2.50. The number of nitrogen functional groups attached to an aromatic ring is 1. The third kappa shape index (κ3) is 5.20. The monoisotopic (exact) mass is 407 g/mol. The van der Waals surface area contributed by atoms with Crippen LogP contribution in [0.15, 0.2) is 36.4 Å². The van der Waals surface area contributed by atoms with Gasteiger partial charge in [0.25, 0.3) is 5.91 Å². The van der Waals surface area contributed by atoms with E-state index < -0.39 is 17.6 Å². The van der Waals surface area contributed by atoms with Crippen molar-refractivity contribution in [2.24, 2.45) is 0 Å². The van der Waals surface area contributed by atoms with Crippen molar-refractivity contribution in [3.8, 4) is 5.75 Å². The van der Waals surface area contributed by atoms with Crippen molar-refractivity contribution in [2.45, 2.75) is 32.0 Å². The molecule has 1 amide bonds. The Hall–Kier alpha value is -2.74. The quantitative estimate of drug-likeness (QED) is 0.741. The number of alkyl halides is 3. The maximum Gasteiger partial charge on any atom is 0.420 e. The Kier molecular flexibility index (Phi) is 6.02. The number of ether oxygens (including phenoxy) is 1. The number of nitrogens with one attached hydrogen (secondary N) is 1. The number of aryl methyl sites for hydroxylation is 1. The Labute approximate surface area is 167 Å². The lowest BCUT2D eigenvalue weighted by Gasteiger charge is -2.30. The summed E-state index contributed by atoms with van der Waals surface area (Å²) >= 11 is 0. The second-order valence-electron chi connectivity index (χ2n) is 7.35. The van der Waals surface area contributed by atoms with Gasteiger partial charge in [0.2, 0.25) is 0 Å². The highest BCUT2D eigenvalue weighted by Gasteiger charge is 2.35. The molecular weight excluding hydrogens is 383 g/mol. The van der Waals surface area contributed by atoms with Gasteiger partial charge in [0.1, 0.15) is 11.9 Å². The first-order valence-corrected chi connectivity index (χ1v) is 9.37.